The number of hydrogen-bond acceptors (Lipinski definition) is 5. The normalized spacial score (nSPS) is 40.2. The number of fused-ring (bicyclic) bond motifs is 1. The molecule has 3 rings (SSSR count). The molecule has 5 atom stereocenters. The van der Waals surface area contributed by atoms with Gasteiger partial charge >= 0.3 is 0 Å². The highest BCUT2D eigenvalue weighted by molar-refractivity contribution is 5.16. The fraction of sp³-hybridized carbons (Fsp3) is 0.538. The lowest BCUT2D eigenvalue weighted by molar-refractivity contribution is -0.314. The van der Waals surface area contributed by atoms with Crippen molar-refractivity contribution in [2.45, 2.75) is 30.7 Å². The standard InChI is InChI=1S/C13H16O5/c14-9-6-16-10-7-17-13(18-12(10)11(9)15)8-4-2-1-3-5-8/h1-5,9-15H,6-7H2/t9-,10-,11+,12-,13-/m1/s1. The van der Waals surface area contributed by atoms with E-state index in [1.54, 1.807) is 0 Å². The van der Waals surface area contributed by atoms with Crippen LogP contribution in [0.1, 0.15) is 11.9 Å². The van der Waals surface area contributed by atoms with Gasteiger partial charge in [0, 0.05) is 5.56 Å². The van der Waals surface area contributed by atoms with Gasteiger partial charge < -0.3 is 24.4 Å². The second kappa shape index (κ2) is 4.95. The minimum Gasteiger partial charge on any atom is -0.388 e. The Morgan fingerprint density at radius 2 is 1.78 bits per heavy atom. The van der Waals surface area contributed by atoms with Crippen molar-refractivity contribution in [2.24, 2.45) is 0 Å². The molecule has 2 N–H and O–H groups in total. The van der Waals surface area contributed by atoms with Gasteiger partial charge in [-0.2, -0.15) is 0 Å². The lowest BCUT2D eigenvalue weighted by atomic mass is 9.99. The van der Waals surface area contributed by atoms with Crippen molar-refractivity contribution in [3.63, 3.8) is 0 Å². The van der Waals surface area contributed by atoms with E-state index in [2.05, 4.69) is 0 Å². The first-order valence-electron chi connectivity index (χ1n) is 6.05. The predicted molar refractivity (Wildman–Crippen MR) is 61.8 cm³/mol. The number of hydrogen-bond donors (Lipinski definition) is 2. The van der Waals surface area contributed by atoms with E-state index in [1.807, 2.05) is 30.3 Å². The van der Waals surface area contributed by atoms with Gasteiger partial charge in [0.05, 0.1) is 13.2 Å². The molecule has 2 aliphatic heterocycles. The van der Waals surface area contributed by atoms with Crippen molar-refractivity contribution >= 4 is 0 Å². The van der Waals surface area contributed by atoms with E-state index < -0.39 is 24.6 Å². The fourth-order valence-corrected chi connectivity index (χ4v) is 2.31. The molecule has 2 fully saturated rings. The van der Waals surface area contributed by atoms with Crippen LogP contribution in [0.25, 0.3) is 0 Å². The lowest BCUT2D eigenvalue weighted by Crippen LogP contribution is -2.58. The van der Waals surface area contributed by atoms with Crippen LogP contribution in [-0.2, 0) is 14.2 Å². The molecule has 5 nitrogen and oxygen atoms in total. The van der Waals surface area contributed by atoms with Crippen molar-refractivity contribution in [2.75, 3.05) is 13.2 Å². The van der Waals surface area contributed by atoms with E-state index in [1.165, 1.54) is 0 Å². The highest BCUT2D eigenvalue weighted by Crippen LogP contribution is 2.31. The van der Waals surface area contributed by atoms with Gasteiger partial charge in [-0.3, -0.25) is 0 Å². The Kier molecular flexibility index (Phi) is 3.32. The van der Waals surface area contributed by atoms with Gasteiger partial charge in [-0.1, -0.05) is 30.3 Å². The molecule has 1 aromatic carbocycles. The molecule has 0 bridgehead atoms. The second-order valence-corrected chi connectivity index (χ2v) is 4.61. The maximum atomic E-state index is 9.93. The topological polar surface area (TPSA) is 68.2 Å². The first-order valence-corrected chi connectivity index (χ1v) is 6.05. The number of benzene rings is 1. The minimum absolute atomic E-state index is 0.116. The average Bonchev–Trinajstić information content (AvgIpc) is 2.44. The van der Waals surface area contributed by atoms with Crippen LogP contribution in [0, 0.1) is 0 Å². The van der Waals surface area contributed by atoms with Gasteiger partial charge in [-0.15, -0.1) is 0 Å². The molecule has 2 aliphatic rings. The molecule has 1 aromatic rings. The zero-order chi connectivity index (χ0) is 12.5. The van der Waals surface area contributed by atoms with Crippen LogP contribution in [-0.4, -0.2) is 47.8 Å². The van der Waals surface area contributed by atoms with Crippen molar-refractivity contribution in [1.82, 2.24) is 0 Å². The molecule has 0 saturated carbocycles. The third-order valence-electron chi connectivity index (χ3n) is 3.34. The molecule has 5 heteroatoms. The molecule has 2 heterocycles. The second-order valence-electron chi connectivity index (χ2n) is 4.61. The molecule has 0 aromatic heterocycles. The summed E-state index contributed by atoms with van der Waals surface area (Å²) in [6.45, 7) is 0.471. The van der Waals surface area contributed by atoms with Crippen molar-refractivity contribution in [3.8, 4) is 0 Å². The molecule has 0 unspecified atom stereocenters. The summed E-state index contributed by atoms with van der Waals surface area (Å²) in [7, 11) is 0. The summed E-state index contributed by atoms with van der Waals surface area (Å²) in [5.74, 6) is 0. The molecule has 98 valence electrons. The third kappa shape index (κ3) is 2.15. The van der Waals surface area contributed by atoms with Gasteiger partial charge in [-0.25, -0.2) is 0 Å². The van der Waals surface area contributed by atoms with Crippen LogP contribution >= 0.6 is 0 Å². The molecule has 0 spiro atoms. The largest absolute Gasteiger partial charge is 0.388 e. The monoisotopic (exact) mass is 252 g/mol. The van der Waals surface area contributed by atoms with Crippen molar-refractivity contribution in [1.29, 1.82) is 0 Å². The molecular weight excluding hydrogens is 236 g/mol. The van der Waals surface area contributed by atoms with Gasteiger partial charge in [0.2, 0.25) is 0 Å². The maximum Gasteiger partial charge on any atom is 0.184 e. The van der Waals surface area contributed by atoms with E-state index in [-0.39, 0.29) is 12.7 Å². The minimum atomic E-state index is -0.932. The summed E-state index contributed by atoms with van der Waals surface area (Å²) in [5, 5.41) is 19.5. The Morgan fingerprint density at radius 1 is 1.00 bits per heavy atom. The fourth-order valence-electron chi connectivity index (χ4n) is 2.31. The van der Waals surface area contributed by atoms with Crippen molar-refractivity contribution < 1.29 is 24.4 Å². The van der Waals surface area contributed by atoms with Gasteiger partial charge in [0.25, 0.3) is 0 Å². The van der Waals surface area contributed by atoms with E-state index in [4.69, 9.17) is 14.2 Å². The van der Waals surface area contributed by atoms with E-state index in [9.17, 15) is 10.2 Å². The molecule has 0 amide bonds. The molecule has 18 heavy (non-hydrogen) atoms. The van der Waals surface area contributed by atoms with Crippen molar-refractivity contribution in [3.05, 3.63) is 35.9 Å². The molecule has 0 radical (unpaired) electrons. The van der Waals surface area contributed by atoms with Gasteiger partial charge in [0.15, 0.2) is 6.29 Å². The van der Waals surface area contributed by atoms with Gasteiger partial charge in [-0.05, 0) is 0 Å². The van der Waals surface area contributed by atoms with Crippen LogP contribution in [0.2, 0.25) is 0 Å². The highest BCUT2D eigenvalue weighted by Gasteiger charge is 2.44. The maximum absolute atomic E-state index is 9.93. The first-order chi connectivity index (χ1) is 8.75. The Morgan fingerprint density at radius 3 is 2.56 bits per heavy atom. The summed E-state index contributed by atoms with van der Waals surface area (Å²) in [5.41, 5.74) is 0.892. The summed E-state index contributed by atoms with van der Waals surface area (Å²) >= 11 is 0. The Hall–Kier alpha value is -0.980. The van der Waals surface area contributed by atoms with Crippen LogP contribution in [0.4, 0.5) is 0 Å². The quantitative estimate of drug-likeness (QED) is 0.748. The zero-order valence-corrected chi connectivity index (χ0v) is 9.81. The van der Waals surface area contributed by atoms with Crippen LogP contribution in [0.3, 0.4) is 0 Å². The van der Waals surface area contributed by atoms with E-state index in [0.717, 1.165) is 5.56 Å². The summed E-state index contributed by atoms with van der Waals surface area (Å²) in [6, 6.07) is 9.51. The van der Waals surface area contributed by atoms with E-state index in [0.29, 0.717) is 6.61 Å². The van der Waals surface area contributed by atoms with E-state index >= 15 is 0 Å². The summed E-state index contributed by atoms with van der Waals surface area (Å²) in [6.07, 6.45) is -3.22. The number of aliphatic hydroxyl groups excluding tert-OH is 2. The van der Waals surface area contributed by atoms with Gasteiger partial charge in [0.1, 0.15) is 24.4 Å². The first kappa shape index (κ1) is 12.1. The Bertz CT molecular complexity index is 394. The number of rotatable bonds is 1. The van der Waals surface area contributed by atoms with Crippen LogP contribution in [0.5, 0.6) is 0 Å². The Balaban J connectivity index is 1.75. The average molecular weight is 252 g/mol. The molecular formula is C13H16O5. The SMILES string of the molecule is O[C@@H]1[C@@H]2O[C@H](c3ccccc3)OC[C@H]2OC[C@H]1O. The third-order valence-corrected chi connectivity index (χ3v) is 3.34. The highest BCUT2D eigenvalue weighted by atomic mass is 16.7. The zero-order valence-electron chi connectivity index (χ0n) is 9.81. The Labute approximate surface area is 105 Å². The summed E-state index contributed by atoms with van der Waals surface area (Å²) in [4.78, 5) is 0. The van der Waals surface area contributed by atoms with Crippen LogP contribution in [0.15, 0.2) is 30.3 Å². The lowest BCUT2D eigenvalue weighted by Gasteiger charge is -2.43. The number of aliphatic hydroxyl groups is 2. The molecule has 2 saturated heterocycles. The summed E-state index contributed by atoms with van der Waals surface area (Å²) < 4.78 is 16.7. The predicted octanol–water partition coefficient (Wildman–Crippen LogP) is 0.221. The molecule has 0 aliphatic carbocycles. The van der Waals surface area contributed by atoms with Crippen LogP contribution < -0.4 is 0 Å². The smallest absolute Gasteiger partial charge is 0.184 e. The number of ether oxygens (including phenoxy) is 3.